The summed E-state index contributed by atoms with van der Waals surface area (Å²) in [5.74, 6) is -0.428. The van der Waals surface area contributed by atoms with Gasteiger partial charge in [0.15, 0.2) is 5.78 Å². The number of nitrogens with one attached hydrogen (secondary N) is 1. The lowest BCUT2D eigenvalue weighted by molar-refractivity contribution is 0.0876. The molecule has 0 unspecified atom stereocenters. The molecule has 0 aromatic heterocycles. The average molecular weight is 235 g/mol. The maximum Gasteiger partial charge on any atom is 0.168 e. The number of Topliss-reactive ketones (excluding diaryl/α,β-unsaturated/α-hetero) is 1. The van der Waals surface area contributed by atoms with Crippen LogP contribution in [0.4, 0.5) is 4.39 Å². The van der Waals surface area contributed by atoms with Gasteiger partial charge in [0.2, 0.25) is 0 Å². The second-order valence-electron chi connectivity index (χ2n) is 4.68. The van der Waals surface area contributed by atoms with Crippen LogP contribution in [0.2, 0.25) is 0 Å². The predicted molar refractivity (Wildman–Crippen MR) is 65.5 cm³/mol. The van der Waals surface area contributed by atoms with Crippen LogP contribution in [0.5, 0.6) is 0 Å². The lowest BCUT2D eigenvalue weighted by Crippen LogP contribution is -2.32. The minimum absolute atomic E-state index is 0.00324. The van der Waals surface area contributed by atoms with E-state index in [2.05, 4.69) is 5.32 Å². The first-order valence-corrected chi connectivity index (χ1v) is 6.18. The molecule has 0 heterocycles. The Kier molecular flexibility index (Phi) is 3.89. The first-order chi connectivity index (χ1) is 8.22. The molecule has 1 fully saturated rings. The Morgan fingerprint density at radius 3 is 2.47 bits per heavy atom. The van der Waals surface area contributed by atoms with Crippen molar-refractivity contribution in [3.63, 3.8) is 0 Å². The van der Waals surface area contributed by atoms with Crippen LogP contribution in [0.3, 0.4) is 0 Å². The molecule has 2 nitrogen and oxygen atoms in total. The van der Waals surface area contributed by atoms with Crippen molar-refractivity contribution in [1.82, 2.24) is 5.32 Å². The van der Waals surface area contributed by atoms with Crippen LogP contribution >= 0.6 is 0 Å². The molecule has 1 aliphatic rings. The second-order valence-corrected chi connectivity index (χ2v) is 4.68. The molecule has 1 aromatic carbocycles. The Labute approximate surface area is 101 Å². The fourth-order valence-electron chi connectivity index (χ4n) is 2.53. The van der Waals surface area contributed by atoms with Crippen LogP contribution in [-0.2, 0) is 0 Å². The first kappa shape index (κ1) is 12.2. The van der Waals surface area contributed by atoms with Crippen LogP contribution in [0.25, 0.3) is 0 Å². The van der Waals surface area contributed by atoms with Gasteiger partial charge in [-0.2, -0.15) is 0 Å². The molecule has 0 atom stereocenters. The van der Waals surface area contributed by atoms with E-state index >= 15 is 0 Å². The molecule has 0 aliphatic heterocycles. The molecule has 0 amide bonds. The van der Waals surface area contributed by atoms with Crippen LogP contribution < -0.4 is 5.32 Å². The number of hydrogen-bond acceptors (Lipinski definition) is 2. The summed E-state index contributed by atoms with van der Waals surface area (Å²) in [5.41, 5.74) is 0.250. The Morgan fingerprint density at radius 1 is 1.24 bits per heavy atom. The number of rotatable bonds is 3. The minimum Gasteiger partial charge on any atom is -0.317 e. The summed E-state index contributed by atoms with van der Waals surface area (Å²) in [4.78, 5) is 12.2. The van der Waals surface area contributed by atoms with Crippen molar-refractivity contribution >= 4 is 5.78 Å². The zero-order chi connectivity index (χ0) is 12.3. The SMILES string of the molecule is CNC1CCC(C(=O)c2ccccc2F)CC1. The highest BCUT2D eigenvalue weighted by Crippen LogP contribution is 2.27. The third-order valence-electron chi connectivity index (χ3n) is 3.65. The standard InChI is InChI=1S/C14H18FNO/c1-16-11-8-6-10(7-9-11)14(17)12-4-2-3-5-13(12)15/h2-5,10-11,16H,6-9H2,1H3. The number of ketones is 1. The molecule has 2 rings (SSSR count). The fraction of sp³-hybridized carbons (Fsp3) is 0.500. The molecule has 0 radical (unpaired) electrons. The van der Waals surface area contributed by atoms with Gasteiger partial charge in [0.05, 0.1) is 5.56 Å². The minimum atomic E-state index is -0.395. The van der Waals surface area contributed by atoms with Gasteiger partial charge in [0.25, 0.3) is 0 Å². The topological polar surface area (TPSA) is 29.1 Å². The highest BCUT2D eigenvalue weighted by molar-refractivity contribution is 5.98. The van der Waals surface area contributed by atoms with Gasteiger partial charge in [-0.05, 0) is 44.9 Å². The zero-order valence-electron chi connectivity index (χ0n) is 10.1. The number of carbonyl (C=O) groups excluding carboxylic acids is 1. The van der Waals surface area contributed by atoms with Gasteiger partial charge in [0.1, 0.15) is 5.82 Å². The normalized spacial score (nSPS) is 24.6. The quantitative estimate of drug-likeness (QED) is 0.816. The molecule has 92 valence electrons. The summed E-state index contributed by atoms with van der Waals surface area (Å²) in [6.45, 7) is 0. The smallest absolute Gasteiger partial charge is 0.168 e. The number of halogens is 1. The lowest BCUT2D eigenvalue weighted by Gasteiger charge is -2.27. The maximum atomic E-state index is 13.5. The van der Waals surface area contributed by atoms with Crippen molar-refractivity contribution in [3.05, 3.63) is 35.6 Å². The Morgan fingerprint density at radius 2 is 1.88 bits per heavy atom. The van der Waals surface area contributed by atoms with E-state index in [1.54, 1.807) is 18.2 Å². The molecule has 3 heteroatoms. The number of carbonyl (C=O) groups is 1. The first-order valence-electron chi connectivity index (χ1n) is 6.18. The second kappa shape index (κ2) is 5.41. The molecular weight excluding hydrogens is 217 g/mol. The summed E-state index contributed by atoms with van der Waals surface area (Å²) in [7, 11) is 1.95. The van der Waals surface area contributed by atoms with Crippen molar-refractivity contribution in [2.45, 2.75) is 31.7 Å². The highest BCUT2D eigenvalue weighted by Gasteiger charge is 2.27. The van der Waals surface area contributed by atoms with Crippen molar-refractivity contribution < 1.29 is 9.18 Å². The van der Waals surface area contributed by atoms with Crippen LogP contribution in [0.15, 0.2) is 24.3 Å². The van der Waals surface area contributed by atoms with Gasteiger partial charge in [-0.1, -0.05) is 12.1 Å². The van der Waals surface area contributed by atoms with E-state index in [1.807, 2.05) is 7.05 Å². The molecule has 0 bridgehead atoms. The molecule has 0 spiro atoms. The predicted octanol–water partition coefficient (Wildman–Crippen LogP) is 2.79. The van der Waals surface area contributed by atoms with E-state index in [4.69, 9.17) is 0 Å². The van der Waals surface area contributed by atoms with Gasteiger partial charge < -0.3 is 5.32 Å². The van der Waals surface area contributed by atoms with Gasteiger partial charge >= 0.3 is 0 Å². The number of benzene rings is 1. The van der Waals surface area contributed by atoms with Crippen molar-refractivity contribution in [2.75, 3.05) is 7.05 Å². The van der Waals surface area contributed by atoms with E-state index in [9.17, 15) is 9.18 Å². The summed E-state index contributed by atoms with van der Waals surface area (Å²) < 4.78 is 13.5. The summed E-state index contributed by atoms with van der Waals surface area (Å²) in [5, 5.41) is 3.23. The Bertz CT molecular complexity index is 397. The van der Waals surface area contributed by atoms with Crippen LogP contribution in [0, 0.1) is 11.7 Å². The molecule has 1 aromatic rings. The van der Waals surface area contributed by atoms with E-state index < -0.39 is 5.82 Å². The lowest BCUT2D eigenvalue weighted by atomic mass is 9.81. The van der Waals surface area contributed by atoms with E-state index in [-0.39, 0.29) is 17.3 Å². The van der Waals surface area contributed by atoms with Crippen LogP contribution in [0.1, 0.15) is 36.0 Å². The summed E-state index contributed by atoms with van der Waals surface area (Å²) in [6, 6.07) is 6.79. The fourth-order valence-corrected chi connectivity index (χ4v) is 2.53. The van der Waals surface area contributed by atoms with Gasteiger partial charge in [0, 0.05) is 12.0 Å². The highest BCUT2D eigenvalue weighted by atomic mass is 19.1. The molecule has 0 saturated heterocycles. The van der Waals surface area contributed by atoms with Gasteiger partial charge in [-0.15, -0.1) is 0 Å². The summed E-state index contributed by atoms with van der Waals surface area (Å²) >= 11 is 0. The largest absolute Gasteiger partial charge is 0.317 e. The molecular formula is C14H18FNO. The monoisotopic (exact) mass is 235 g/mol. The van der Waals surface area contributed by atoms with Crippen molar-refractivity contribution in [1.29, 1.82) is 0 Å². The third kappa shape index (κ3) is 2.72. The molecule has 1 N–H and O–H groups in total. The van der Waals surface area contributed by atoms with E-state index in [0.29, 0.717) is 6.04 Å². The average Bonchev–Trinajstić information content (AvgIpc) is 2.39. The summed E-state index contributed by atoms with van der Waals surface area (Å²) in [6.07, 6.45) is 3.72. The molecule has 1 aliphatic carbocycles. The molecule has 17 heavy (non-hydrogen) atoms. The van der Waals surface area contributed by atoms with Gasteiger partial charge in [-0.3, -0.25) is 4.79 Å². The zero-order valence-corrected chi connectivity index (χ0v) is 10.1. The van der Waals surface area contributed by atoms with Crippen molar-refractivity contribution in [2.24, 2.45) is 5.92 Å². The maximum absolute atomic E-state index is 13.5. The van der Waals surface area contributed by atoms with Crippen LogP contribution in [-0.4, -0.2) is 18.9 Å². The molecule has 1 saturated carbocycles. The Balaban J connectivity index is 2.04. The van der Waals surface area contributed by atoms with Crippen molar-refractivity contribution in [3.8, 4) is 0 Å². The number of hydrogen-bond donors (Lipinski definition) is 1. The Hall–Kier alpha value is -1.22. The van der Waals surface area contributed by atoms with E-state index in [0.717, 1.165) is 25.7 Å². The third-order valence-corrected chi connectivity index (χ3v) is 3.65. The van der Waals surface area contributed by atoms with Gasteiger partial charge in [-0.25, -0.2) is 4.39 Å². The van der Waals surface area contributed by atoms with E-state index in [1.165, 1.54) is 6.07 Å².